The third-order valence-corrected chi connectivity index (χ3v) is 6.10. The standard InChI is InChI=1S/C16H21N5O3S/c1-3-20(14-8-9-25(23,24)11-14)15(22)10-21-18-16(17-19-21)13-6-4-12(2)5-7-13/h4-7,14H,3,8-11H2,1-2H3/t14-/m1/s1. The number of carbonyl (C=O) groups is 1. The SMILES string of the molecule is CCN(C(=O)Cn1nnc(-c2ccc(C)cc2)n1)[C@@H]1CCS(=O)(=O)C1. The molecular formula is C16H21N5O3S. The molecule has 1 aliphatic rings. The van der Waals surface area contributed by atoms with Gasteiger partial charge in [-0.1, -0.05) is 29.8 Å². The molecule has 1 aromatic carbocycles. The van der Waals surface area contributed by atoms with Crippen LogP contribution in [0.1, 0.15) is 18.9 Å². The van der Waals surface area contributed by atoms with Crippen LogP contribution in [0.25, 0.3) is 11.4 Å². The number of aromatic nitrogens is 4. The fourth-order valence-corrected chi connectivity index (χ4v) is 4.73. The Morgan fingerprint density at radius 1 is 1.32 bits per heavy atom. The number of nitrogens with zero attached hydrogens (tertiary/aromatic N) is 5. The maximum absolute atomic E-state index is 12.5. The van der Waals surface area contributed by atoms with Gasteiger partial charge in [-0.2, -0.15) is 4.80 Å². The number of sulfone groups is 1. The van der Waals surface area contributed by atoms with E-state index in [2.05, 4.69) is 15.4 Å². The van der Waals surface area contributed by atoms with Crippen molar-refractivity contribution in [1.29, 1.82) is 0 Å². The van der Waals surface area contributed by atoms with Gasteiger partial charge in [-0.05, 0) is 25.5 Å². The molecule has 0 radical (unpaired) electrons. The first-order valence-corrected chi connectivity index (χ1v) is 10.0. The summed E-state index contributed by atoms with van der Waals surface area (Å²) < 4.78 is 23.3. The molecule has 1 aromatic heterocycles. The average Bonchev–Trinajstić information content (AvgIpc) is 3.15. The maximum Gasteiger partial charge on any atom is 0.246 e. The summed E-state index contributed by atoms with van der Waals surface area (Å²) in [6.07, 6.45) is 0.487. The number of hydrogen-bond donors (Lipinski definition) is 0. The van der Waals surface area contributed by atoms with Crippen LogP contribution in [0.5, 0.6) is 0 Å². The Bertz CT molecular complexity index is 860. The highest BCUT2D eigenvalue weighted by Crippen LogP contribution is 2.18. The minimum absolute atomic E-state index is 0.0337. The van der Waals surface area contributed by atoms with Crippen LogP contribution in [0.2, 0.25) is 0 Å². The zero-order chi connectivity index (χ0) is 18.0. The number of likely N-dealkylation sites (N-methyl/N-ethyl adjacent to an activating group) is 1. The highest BCUT2D eigenvalue weighted by molar-refractivity contribution is 7.91. The Labute approximate surface area is 146 Å². The molecule has 2 aromatic rings. The van der Waals surface area contributed by atoms with Gasteiger partial charge in [0, 0.05) is 18.2 Å². The molecule has 2 heterocycles. The molecule has 3 rings (SSSR count). The van der Waals surface area contributed by atoms with E-state index in [1.165, 1.54) is 4.80 Å². The Kier molecular flexibility index (Phi) is 4.85. The number of aryl methyl sites for hydroxylation is 1. The molecule has 0 spiro atoms. The molecule has 1 fully saturated rings. The molecule has 0 unspecified atom stereocenters. The zero-order valence-corrected chi connectivity index (χ0v) is 15.1. The van der Waals surface area contributed by atoms with Crippen molar-refractivity contribution in [1.82, 2.24) is 25.1 Å². The van der Waals surface area contributed by atoms with Crippen LogP contribution in [0.4, 0.5) is 0 Å². The largest absolute Gasteiger partial charge is 0.337 e. The quantitative estimate of drug-likeness (QED) is 0.775. The Morgan fingerprint density at radius 2 is 2.04 bits per heavy atom. The van der Waals surface area contributed by atoms with Crippen molar-refractivity contribution in [2.45, 2.75) is 32.9 Å². The second kappa shape index (κ2) is 6.91. The van der Waals surface area contributed by atoms with Gasteiger partial charge in [-0.25, -0.2) is 8.42 Å². The van der Waals surface area contributed by atoms with Crippen LogP contribution in [-0.2, 0) is 21.2 Å². The molecule has 1 aliphatic heterocycles. The summed E-state index contributed by atoms with van der Waals surface area (Å²) in [7, 11) is -3.04. The Morgan fingerprint density at radius 3 is 2.64 bits per heavy atom. The molecule has 0 aliphatic carbocycles. The lowest BCUT2D eigenvalue weighted by molar-refractivity contribution is -0.133. The van der Waals surface area contributed by atoms with Crippen molar-refractivity contribution in [2.24, 2.45) is 0 Å². The van der Waals surface area contributed by atoms with Crippen LogP contribution in [0, 0.1) is 6.92 Å². The van der Waals surface area contributed by atoms with Crippen LogP contribution < -0.4 is 0 Å². The van der Waals surface area contributed by atoms with Crippen molar-refractivity contribution in [2.75, 3.05) is 18.1 Å². The number of carbonyl (C=O) groups excluding carboxylic acids is 1. The molecule has 1 saturated heterocycles. The number of tetrazole rings is 1. The maximum atomic E-state index is 12.5. The van der Waals surface area contributed by atoms with E-state index in [-0.39, 0.29) is 30.0 Å². The highest BCUT2D eigenvalue weighted by atomic mass is 32.2. The summed E-state index contributed by atoms with van der Waals surface area (Å²) in [5.41, 5.74) is 1.97. The Balaban J connectivity index is 1.69. The van der Waals surface area contributed by atoms with E-state index in [9.17, 15) is 13.2 Å². The summed E-state index contributed by atoms with van der Waals surface area (Å²) in [6, 6.07) is 7.46. The van der Waals surface area contributed by atoms with Gasteiger partial charge in [0.05, 0.1) is 11.5 Å². The lowest BCUT2D eigenvalue weighted by atomic mass is 10.1. The van der Waals surface area contributed by atoms with E-state index < -0.39 is 9.84 Å². The van der Waals surface area contributed by atoms with Crippen molar-refractivity contribution in [3.8, 4) is 11.4 Å². The second-order valence-corrected chi connectivity index (χ2v) is 8.47. The van der Waals surface area contributed by atoms with E-state index >= 15 is 0 Å². The van der Waals surface area contributed by atoms with Crippen molar-refractivity contribution >= 4 is 15.7 Å². The van der Waals surface area contributed by atoms with Crippen LogP contribution in [0.15, 0.2) is 24.3 Å². The van der Waals surface area contributed by atoms with Gasteiger partial charge in [0.15, 0.2) is 9.84 Å². The van der Waals surface area contributed by atoms with Gasteiger partial charge >= 0.3 is 0 Å². The number of hydrogen-bond acceptors (Lipinski definition) is 6. The van der Waals surface area contributed by atoms with Crippen LogP contribution in [0.3, 0.4) is 0 Å². The van der Waals surface area contributed by atoms with Gasteiger partial charge < -0.3 is 4.90 Å². The van der Waals surface area contributed by atoms with Gasteiger partial charge in [0.2, 0.25) is 11.7 Å². The number of benzene rings is 1. The second-order valence-electron chi connectivity index (χ2n) is 6.25. The van der Waals surface area contributed by atoms with E-state index in [1.807, 2.05) is 38.1 Å². The first kappa shape index (κ1) is 17.5. The predicted octanol–water partition coefficient (Wildman–Crippen LogP) is 0.684. The molecular weight excluding hydrogens is 342 g/mol. The Hall–Kier alpha value is -2.29. The molecule has 9 heteroatoms. The average molecular weight is 363 g/mol. The van der Waals surface area contributed by atoms with Gasteiger partial charge in [-0.15, -0.1) is 10.2 Å². The molecule has 25 heavy (non-hydrogen) atoms. The molecule has 0 N–H and O–H groups in total. The fourth-order valence-electron chi connectivity index (χ4n) is 3.00. The number of amides is 1. The third kappa shape index (κ3) is 4.04. The lowest BCUT2D eigenvalue weighted by Gasteiger charge is -2.26. The summed E-state index contributed by atoms with van der Waals surface area (Å²) in [5, 5.41) is 12.2. The monoisotopic (exact) mass is 363 g/mol. The molecule has 8 nitrogen and oxygen atoms in total. The molecule has 0 bridgehead atoms. The third-order valence-electron chi connectivity index (χ3n) is 4.35. The predicted molar refractivity (Wildman–Crippen MR) is 92.4 cm³/mol. The van der Waals surface area contributed by atoms with E-state index in [4.69, 9.17) is 0 Å². The van der Waals surface area contributed by atoms with E-state index in [0.717, 1.165) is 11.1 Å². The van der Waals surface area contributed by atoms with Crippen molar-refractivity contribution < 1.29 is 13.2 Å². The lowest BCUT2D eigenvalue weighted by Crippen LogP contribution is -2.42. The van der Waals surface area contributed by atoms with Crippen molar-refractivity contribution in [3.05, 3.63) is 29.8 Å². The van der Waals surface area contributed by atoms with Gasteiger partial charge in [0.1, 0.15) is 6.54 Å². The van der Waals surface area contributed by atoms with Crippen molar-refractivity contribution in [3.63, 3.8) is 0 Å². The zero-order valence-electron chi connectivity index (χ0n) is 14.3. The smallest absolute Gasteiger partial charge is 0.246 e. The summed E-state index contributed by atoms with van der Waals surface area (Å²) in [5.74, 6) is 0.434. The normalized spacial score (nSPS) is 19.0. The summed E-state index contributed by atoms with van der Waals surface area (Å²) in [6.45, 7) is 4.24. The first-order chi connectivity index (χ1) is 11.9. The van der Waals surface area contributed by atoms with Gasteiger partial charge in [0.25, 0.3) is 0 Å². The van der Waals surface area contributed by atoms with Gasteiger partial charge in [-0.3, -0.25) is 4.79 Å². The fraction of sp³-hybridized carbons (Fsp3) is 0.500. The molecule has 1 amide bonds. The molecule has 1 atom stereocenters. The minimum Gasteiger partial charge on any atom is -0.337 e. The van der Waals surface area contributed by atoms with Crippen LogP contribution in [-0.4, -0.2) is 63.5 Å². The summed E-state index contributed by atoms with van der Waals surface area (Å²) in [4.78, 5) is 15.4. The van der Waals surface area contributed by atoms with E-state index in [0.29, 0.717) is 18.8 Å². The van der Waals surface area contributed by atoms with E-state index in [1.54, 1.807) is 4.90 Å². The minimum atomic E-state index is -3.04. The number of rotatable bonds is 5. The highest BCUT2D eigenvalue weighted by Gasteiger charge is 2.34. The topological polar surface area (TPSA) is 98.1 Å². The molecule has 134 valence electrons. The molecule has 0 saturated carbocycles. The summed E-state index contributed by atoms with van der Waals surface area (Å²) >= 11 is 0. The van der Waals surface area contributed by atoms with Crippen LogP contribution >= 0.6 is 0 Å². The first-order valence-electron chi connectivity index (χ1n) is 8.22.